The fraction of sp³-hybridized carbons (Fsp3) is 0.475. The van der Waals surface area contributed by atoms with Crippen LogP contribution < -0.4 is 14.2 Å². The van der Waals surface area contributed by atoms with E-state index in [1.165, 1.54) is 0 Å². The Balaban J connectivity index is 1.76. The van der Waals surface area contributed by atoms with Gasteiger partial charge in [-0.25, -0.2) is 0 Å². The molecule has 260 valence electrons. The van der Waals surface area contributed by atoms with Gasteiger partial charge in [0.25, 0.3) is 0 Å². The molecule has 9 heteroatoms. The smallest absolute Gasteiger partial charge is 0.307 e. The van der Waals surface area contributed by atoms with E-state index in [-0.39, 0.29) is 39.9 Å². The summed E-state index contributed by atoms with van der Waals surface area (Å²) in [4.78, 5) is 0. The lowest BCUT2D eigenvalue weighted by Crippen LogP contribution is -2.26. The summed E-state index contributed by atoms with van der Waals surface area (Å²) in [5.41, 5.74) is 2.10. The van der Waals surface area contributed by atoms with Crippen LogP contribution in [0.15, 0.2) is 72.8 Å². The van der Waals surface area contributed by atoms with Crippen LogP contribution in [0, 0.1) is 56.0 Å². The highest BCUT2D eigenvalue weighted by Crippen LogP contribution is 2.37. The van der Waals surface area contributed by atoms with E-state index in [0.29, 0.717) is 37.1 Å². The lowest BCUT2D eigenvalue weighted by Gasteiger charge is -2.24. The Morgan fingerprint density at radius 2 is 0.673 bits per heavy atom. The van der Waals surface area contributed by atoms with E-state index < -0.39 is 0 Å². The second-order valence-electron chi connectivity index (χ2n) is 15.6. The van der Waals surface area contributed by atoms with Gasteiger partial charge in [-0.3, -0.25) is 0 Å². The van der Waals surface area contributed by atoms with Crippen molar-refractivity contribution >= 4 is 0 Å². The molecule has 0 aliphatic rings. The third-order valence-electron chi connectivity index (χ3n) is 8.24. The Labute approximate surface area is 291 Å². The zero-order chi connectivity index (χ0) is 36.2. The van der Waals surface area contributed by atoms with Gasteiger partial charge in [0, 0.05) is 15.0 Å². The van der Waals surface area contributed by atoms with Gasteiger partial charge in [-0.1, -0.05) is 98.7 Å². The van der Waals surface area contributed by atoms with Crippen LogP contribution in [0.1, 0.15) is 96.8 Å². The predicted molar refractivity (Wildman–Crippen MR) is 198 cm³/mol. The van der Waals surface area contributed by atoms with E-state index in [2.05, 4.69) is 33.2 Å². The van der Waals surface area contributed by atoms with Crippen LogP contribution in [0.5, 0.6) is 17.2 Å². The first kappa shape index (κ1) is 38.4. The SMILES string of the molecule is CC(C)(C)C(C#[N+][O-])c1ccc(OCC(COc2ccc(C(C#[N+][O-])C(C)(C)C)cc2)COc2ccc(C(C#[N+][O-])C(C)(C)C)cc2)cc1. The van der Waals surface area contributed by atoms with Crippen LogP contribution in [-0.2, 0) is 0 Å². The Morgan fingerprint density at radius 1 is 0.449 bits per heavy atom. The maximum absolute atomic E-state index is 11.0. The van der Waals surface area contributed by atoms with Gasteiger partial charge in [0.1, 0.15) is 35.0 Å². The Bertz CT molecular complexity index is 1460. The molecule has 0 fully saturated rings. The summed E-state index contributed by atoms with van der Waals surface area (Å²) in [6, 6.07) is 30.8. The standard InChI is InChI=1S/C40H49N3O6/c1-38(2,3)35(22-41-44)29-10-16-32(17-11-29)47-25-28(26-48-33-18-12-30(13-19-33)36(23-42-45)39(4,5)6)27-49-34-20-14-31(15-21-34)37(24-43-46)40(7,8)9/h10-21,28,35-37H,25-27H2,1-9H3. The molecule has 3 aromatic carbocycles. The largest absolute Gasteiger partial charge is 0.498 e. The Kier molecular flexibility index (Phi) is 13.2. The van der Waals surface area contributed by atoms with Crippen LogP contribution in [0.25, 0.3) is 15.0 Å². The van der Waals surface area contributed by atoms with Crippen LogP contribution in [-0.4, -0.2) is 19.8 Å². The van der Waals surface area contributed by atoms with E-state index in [1.54, 1.807) is 0 Å². The molecular formula is C40H49N3O6. The van der Waals surface area contributed by atoms with E-state index in [0.717, 1.165) is 16.7 Å². The molecule has 0 aliphatic heterocycles. The summed E-state index contributed by atoms with van der Waals surface area (Å²) in [5.74, 6) is 1.10. The van der Waals surface area contributed by atoms with Gasteiger partial charge in [-0.2, -0.15) is 0 Å². The lowest BCUT2D eigenvalue weighted by molar-refractivity contribution is 0.126. The third kappa shape index (κ3) is 11.5. The number of rotatable bonds is 12. The van der Waals surface area contributed by atoms with Crippen molar-refractivity contribution in [3.8, 4) is 35.5 Å². The minimum absolute atomic E-state index is 0.159. The van der Waals surface area contributed by atoms with Gasteiger partial charge in [-0.15, -0.1) is 0 Å². The molecule has 0 aromatic heterocycles. The highest BCUT2D eigenvalue weighted by Gasteiger charge is 2.31. The van der Waals surface area contributed by atoms with Crippen molar-refractivity contribution in [1.82, 2.24) is 0 Å². The summed E-state index contributed by atoms with van der Waals surface area (Å²) in [7, 11) is 0. The van der Waals surface area contributed by atoms with Crippen molar-refractivity contribution in [1.29, 1.82) is 0 Å². The van der Waals surface area contributed by atoms with E-state index >= 15 is 0 Å². The minimum atomic E-state index is -0.250. The molecule has 0 heterocycles. The average molecular weight is 668 g/mol. The van der Waals surface area contributed by atoms with Crippen molar-refractivity contribution in [2.45, 2.75) is 80.1 Å². The van der Waals surface area contributed by atoms with Crippen molar-refractivity contribution < 1.29 is 14.2 Å². The number of hydrogen-bond acceptors (Lipinski definition) is 6. The molecule has 0 amide bonds. The second-order valence-corrected chi connectivity index (χ2v) is 15.6. The van der Waals surface area contributed by atoms with Crippen LogP contribution in [0.3, 0.4) is 0 Å². The Morgan fingerprint density at radius 3 is 0.857 bits per heavy atom. The van der Waals surface area contributed by atoms with Crippen LogP contribution >= 0.6 is 0 Å². The van der Waals surface area contributed by atoms with Gasteiger partial charge in [0.2, 0.25) is 0 Å². The molecule has 3 rings (SSSR count). The summed E-state index contributed by atoms with van der Waals surface area (Å²) >= 11 is 0. The summed E-state index contributed by atoms with van der Waals surface area (Å²) in [6.45, 7) is 19.3. The van der Waals surface area contributed by atoms with E-state index in [4.69, 9.17) is 14.2 Å². The van der Waals surface area contributed by atoms with E-state index in [9.17, 15) is 15.6 Å². The maximum atomic E-state index is 11.0. The third-order valence-corrected chi connectivity index (χ3v) is 8.24. The minimum Gasteiger partial charge on any atom is -0.498 e. The first-order valence-electron chi connectivity index (χ1n) is 16.5. The molecule has 49 heavy (non-hydrogen) atoms. The molecule has 0 radical (unpaired) electrons. The zero-order valence-corrected chi connectivity index (χ0v) is 30.2. The molecule has 9 nitrogen and oxygen atoms in total. The highest BCUT2D eigenvalue weighted by atomic mass is 16.5. The summed E-state index contributed by atoms with van der Waals surface area (Å²) in [6.07, 6.45) is 0. The molecule has 0 saturated carbocycles. The van der Waals surface area contributed by atoms with Crippen LogP contribution in [0.4, 0.5) is 0 Å². The van der Waals surface area contributed by atoms with Gasteiger partial charge >= 0.3 is 18.2 Å². The molecule has 0 aliphatic carbocycles. The second kappa shape index (κ2) is 16.8. The number of benzene rings is 3. The van der Waals surface area contributed by atoms with Gasteiger partial charge in [-0.05, 0) is 69.3 Å². The van der Waals surface area contributed by atoms with Crippen molar-refractivity contribution in [3.63, 3.8) is 0 Å². The van der Waals surface area contributed by atoms with Crippen LogP contribution in [0.2, 0.25) is 0 Å². The fourth-order valence-corrected chi connectivity index (χ4v) is 5.52. The summed E-state index contributed by atoms with van der Waals surface area (Å²) in [5, 5.41) is 41.7. The molecule has 3 unspecified atom stereocenters. The number of hydrogen-bond donors (Lipinski definition) is 0. The maximum Gasteiger partial charge on any atom is 0.307 e. The Hall–Kier alpha value is -5.07. The topological polar surface area (TPSA) is 110 Å². The molecule has 3 aromatic rings. The van der Waals surface area contributed by atoms with E-state index in [1.807, 2.05) is 135 Å². The molecule has 0 spiro atoms. The molecular weight excluding hydrogens is 618 g/mol. The monoisotopic (exact) mass is 667 g/mol. The normalized spacial score (nSPS) is 13.9. The number of ether oxygens (including phenoxy) is 3. The van der Waals surface area contributed by atoms with Crippen molar-refractivity contribution in [3.05, 3.63) is 120 Å². The molecule has 0 bridgehead atoms. The zero-order valence-electron chi connectivity index (χ0n) is 30.2. The molecule has 3 atom stereocenters. The van der Waals surface area contributed by atoms with Crippen molar-refractivity contribution in [2.24, 2.45) is 22.2 Å². The first-order chi connectivity index (χ1) is 23.1. The van der Waals surface area contributed by atoms with Gasteiger partial charge < -0.3 is 29.8 Å². The molecule has 0 N–H and O–H groups in total. The van der Waals surface area contributed by atoms with Gasteiger partial charge in [0.05, 0.1) is 25.7 Å². The first-order valence-corrected chi connectivity index (χ1v) is 16.5. The lowest BCUT2D eigenvalue weighted by atomic mass is 9.77. The summed E-state index contributed by atoms with van der Waals surface area (Å²) < 4.78 is 18.6. The van der Waals surface area contributed by atoms with Gasteiger partial charge in [0.15, 0.2) is 0 Å². The molecule has 0 saturated heterocycles. The highest BCUT2D eigenvalue weighted by molar-refractivity contribution is 5.36. The van der Waals surface area contributed by atoms with Crippen molar-refractivity contribution in [2.75, 3.05) is 19.8 Å². The fourth-order valence-electron chi connectivity index (χ4n) is 5.52. The average Bonchev–Trinajstić information content (AvgIpc) is 3.04. The number of nitrogens with zero attached hydrogens (tertiary/aromatic N) is 3. The predicted octanol–water partition coefficient (Wildman–Crippen LogP) is 10.7. The quantitative estimate of drug-likeness (QED) is 0.178.